The molecule has 0 fully saturated rings. The Hall–Kier alpha value is -2.66. The first kappa shape index (κ1) is 16.2. The number of halogens is 2. The lowest BCUT2D eigenvalue weighted by Gasteiger charge is -2.18. The Balaban J connectivity index is 1.89. The first-order valence-corrected chi connectivity index (χ1v) is 7.73. The van der Waals surface area contributed by atoms with E-state index in [1.807, 2.05) is 37.3 Å². The van der Waals surface area contributed by atoms with Gasteiger partial charge in [0, 0.05) is 6.04 Å². The van der Waals surface area contributed by atoms with E-state index in [4.69, 9.17) is 11.6 Å². The summed E-state index contributed by atoms with van der Waals surface area (Å²) in [5.41, 5.74) is 0.787. The zero-order valence-electron chi connectivity index (χ0n) is 12.8. The third kappa shape index (κ3) is 2.78. The van der Waals surface area contributed by atoms with Crippen LogP contribution >= 0.6 is 11.6 Å². The minimum Gasteiger partial charge on any atom is -0.373 e. The molecule has 0 saturated heterocycles. The van der Waals surface area contributed by atoms with Crippen molar-refractivity contribution >= 4 is 29.1 Å². The number of rotatable bonds is 4. The highest BCUT2D eigenvalue weighted by molar-refractivity contribution is 6.52. The molecule has 1 aliphatic heterocycles. The van der Waals surface area contributed by atoms with Crippen LogP contribution in [0.4, 0.5) is 10.1 Å². The summed E-state index contributed by atoms with van der Waals surface area (Å²) in [5.74, 6) is -2.08. The van der Waals surface area contributed by atoms with Crippen LogP contribution in [0, 0.1) is 5.82 Å². The Bertz CT molecular complexity index is 836. The van der Waals surface area contributed by atoms with Gasteiger partial charge in [-0.05, 0) is 24.6 Å². The van der Waals surface area contributed by atoms with Crippen molar-refractivity contribution < 1.29 is 14.0 Å². The van der Waals surface area contributed by atoms with Crippen LogP contribution in [0.5, 0.6) is 0 Å². The van der Waals surface area contributed by atoms with Gasteiger partial charge in [0.1, 0.15) is 16.5 Å². The van der Waals surface area contributed by atoms with Gasteiger partial charge in [0.2, 0.25) is 0 Å². The maximum absolute atomic E-state index is 13.9. The number of carbonyl (C=O) groups is 2. The lowest BCUT2D eigenvalue weighted by atomic mass is 10.1. The van der Waals surface area contributed by atoms with Gasteiger partial charge in [-0.2, -0.15) is 0 Å². The van der Waals surface area contributed by atoms with E-state index in [0.29, 0.717) is 0 Å². The van der Waals surface area contributed by atoms with Crippen LogP contribution < -0.4 is 10.2 Å². The van der Waals surface area contributed by atoms with Gasteiger partial charge in [-0.15, -0.1) is 0 Å². The second kappa shape index (κ2) is 6.45. The third-order valence-corrected chi connectivity index (χ3v) is 4.13. The number of benzene rings is 2. The van der Waals surface area contributed by atoms with Crippen molar-refractivity contribution in [3.63, 3.8) is 0 Å². The summed E-state index contributed by atoms with van der Waals surface area (Å²) in [7, 11) is 0. The summed E-state index contributed by atoms with van der Waals surface area (Å²) in [4.78, 5) is 25.6. The molecular formula is C18H14ClFN2O2. The van der Waals surface area contributed by atoms with Crippen molar-refractivity contribution in [2.75, 3.05) is 4.90 Å². The lowest BCUT2D eigenvalue weighted by Crippen LogP contribution is -2.34. The summed E-state index contributed by atoms with van der Waals surface area (Å²) in [5, 5.41) is 2.71. The number of para-hydroxylation sites is 1. The van der Waals surface area contributed by atoms with Crippen LogP contribution in [0.3, 0.4) is 0 Å². The molecule has 0 bridgehead atoms. The van der Waals surface area contributed by atoms with Crippen molar-refractivity contribution in [2.24, 2.45) is 0 Å². The quantitative estimate of drug-likeness (QED) is 0.864. The minimum atomic E-state index is -0.741. The lowest BCUT2D eigenvalue weighted by molar-refractivity contribution is -0.120. The Morgan fingerprint density at radius 1 is 1.00 bits per heavy atom. The summed E-state index contributed by atoms with van der Waals surface area (Å²) in [6.45, 7) is 1.84. The molecule has 1 N–H and O–H groups in total. The largest absolute Gasteiger partial charge is 0.373 e. The first-order valence-electron chi connectivity index (χ1n) is 7.35. The number of nitrogens with one attached hydrogen (secondary N) is 1. The second-order valence-electron chi connectivity index (χ2n) is 5.36. The first-order chi connectivity index (χ1) is 11.5. The average molecular weight is 345 g/mol. The van der Waals surface area contributed by atoms with Gasteiger partial charge in [0.15, 0.2) is 0 Å². The molecule has 2 aromatic carbocycles. The molecule has 1 heterocycles. The van der Waals surface area contributed by atoms with Gasteiger partial charge >= 0.3 is 0 Å². The standard InChI is InChI=1S/C18H14ClFN2O2/c1-11(12-7-3-2-4-8-12)21-16-15(19)17(23)22(18(16)24)14-10-6-5-9-13(14)20/h2-11,21H,1H3. The third-order valence-electron chi connectivity index (χ3n) is 3.78. The summed E-state index contributed by atoms with van der Waals surface area (Å²) in [6, 6.07) is 14.7. The maximum Gasteiger partial charge on any atom is 0.283 e. The zero-order chi connectivity index (χ0) is 17.3. The topological polar surface area (TPSA) is 49.4 Å². The second-order valence-corrected chi connectivity index (χ2v) is 5.74. The van der Waals surface area contributed by atoms with E-state index < -0.39 is 17.6 Å². The number of imide groups is 1. The number of amides is 2. The Morgan fingerprint density at radius 3 is 2.29 bits per heavy atom. The van der Waals surface area contributed by atoms with Gasteiger partial charge in [-0.25, -0.2) is 9.29 Å². The molecule has 6 heteroatoms. The average Bonchev–Trinajstić information content (AvgIpc) is 2.80. The minimum absolute atomic E-state index is 0.0266. The van der Waals surface area contributed by atoms with Crippen LogP contribution in [0.2, 0.25) is 0 Å². The highest BCUT2D eigenvalue weighted by Crippen LogP contribution is 2.30. The predicted octanol–water partition coefficient (Wildman–Crippen LogP) is 3.50. The molecule has 1 aliphatic rings. The molecule has 4 nitrogen and oxygen atoms in total. The van der Waals surface area contributed by atoms with E-state index >= 15 is 0 Å². The van der Waals surface area contributed by atoms with Gasteiger partial charge in [0.05, 0.1) is 5.69 Å². The fourth-order valence-electron chi connectivity index (χ4n) is 2.52. The Labute approximate surface area is 143 Å². The van der Waals surface area contributed by atoms with Crippen molar-refractivity contribution in [2.45, 2.75) is 13.0 Å². The van der Waals surface area contributed by atoms with Gasteiger partial charge in [-0.3, -0.25) is 9.59 Å². The van der Waals surface area contributed by atoms with E-state index in [2.05, 4.69) is 5.32 Å². The fraction of sp³-hybridized carbons (Fsp3) is 0.111. The van der Waals surface area contributed by atoms with E-state index in [1.54, 1.807) is 6.07 Å². The van der Waals surface area contributed by atoms with Crippen molar-refractivity contribution in [1.82, 2.24) is 5.32 Å². The number of hydrogen-bond acceptors (Lipinski definition) is 3. The Morgan fingerprint density at radius 2 is 1.62 bits per heavy atom. The summed E-state index contributed by atoms with van der Waals surface area (Å²) in [6.07, 6.45) is 0. The summed E-state index contributed by atoms with van der Waals surface area (Å²) < 4.78 is 13.9. The highest BCUT2D eigenvalue weighted by Gasteiger charge is 2.40. The van der Waals surface area contributed by atoms with Gasteiger partial charge in [0.25, 0.3) is 11.8 Å². The fourth-order valence-corrected chi connectivity index (χ4v) is 2.74. The maximum atomic E-state index is 13.9. The molecule has 0 spiro atoms. The van der Waals surface area contributed by atoms with E-state index in [0.717, 1.165) is 10.5 Å². The molecule has 1 atom stereocenters. The van der Waals surface area contributed by atoms with E-state index in [-0.39, 0.29) is 22.5 Å². The van der Waals surface area contributed by atoms with Crippen LogP contribution in [-0.4, -0.2) is 11.8 Å². The summed E-state index contributed by atoms with van der Waals surface area (Å²) >= 11 is 6.03. The normalized spacial score (nSPS) is 15.9. The van der Waals surface area contributed by atoms with Crippen LogP contribution in [0.1, 0.15) is 18.5 Å². The monoisotopic (exact) mass is 344 g/mol. The molecule has 2 amide bonds. The molecule has 24 heavy (non-hydrogen) atoms. The van der Waals surface area contributed by atoms with Crippen LogP contribution in [-0.2, 0) is 9.59 Å². The van der Waals surface area contributed by atoms with Crippen LogP contribution in [0.15, 0.2) is 65.3 Å². The molecule has 122 valence electrons. The van der Waals surface area contributed by atoms with Crippen LogP contribution in [0.25, 0.3) is 0 Å². The smallest absolute Gasteiger partial charge is 0.283 e. The van der Waals surface area contributed by atoms with Crippen molar-refractivity contribution in [3.05, 3.63) is 76.7 Å². The molecule has 1 unspecified atom stereocenters. The van der Waals surface area contributed by atoms with Gasteiger partial charge in [-0.1, -0.05) is 54.1 Å². The van der Waals surface area contributed by atoms with E-state index in [1.165, 1.54) is 18.2 Å². The predicted molar refractivity (Wildman–Crippen MR) is 89.8 cm³/mol. The zero-order valence-corrected chi connectivity index (χ0v) is 13.5. The van der Waals surface area contributed by atoms with Crippen molar-refractivity contribution in [1.29, 1.82) is 0 Å². The highest BCUT2D eigenvalue weighted by atomic mass is 35.5. The Kier molecular flexibility index (Phi) is 4.36. The number of carbonyl (C=O) groups excluding carboxylic acids is 2. The van der Waals surface area contributed by atoms with Gasteiger partial charge < -0.3 is 5.32 Å². The number of anilines is 1. The SMILES string of the molecule is CC(NC1=C(Cl)C(=O)N(c2ccccc2F)C1=O)c1ccccc1. The molecule has 2 aromatic rings. The molecule has 0 radical (unpaired) electrons. The van der Waals surface area contributed by atoms with Crippen molar-refractivity contribution in [3.8, 4) is 0 Å². The molecule has 0 saturated carbocycles. The van der Waals surface area contributed by atoms with E-state index in [9.17, 15) is 14.0 Å². The molecule has 3 rings (SSSR count). The number of hydrogen-bond donors (Lipinski definition) is 1. The molecule has 0 aliphatic carbocycles. The molecule has 0 aromatic heterocycles. The number of nitrogens with zero attached hydrogens (tertiary/aromatic N) is 1. The molecular weight excluding hydrogens is 331 g/mol.